The maximum absolute atomic E-state index is 13.7. The van der Waals surface area contributed by atoms with E-state index in [-0.39, 0.29) is 11.0 Å². The van der Waals surface area contributed by atoms with Crippen molar-refractivity contribution < 1.29 is 13.5 Å². The Kier molecular flexibility index (Phi) is 3.17. The number of anilines is 1. The number of nitrogens with one attached hydrogen (secondary N) is 1. The number of aromatic nitrogens is 2. The number of nitrogen functional groups attached to an aromatic ring is 1. The van der Waals surface area contributed by atoms with Crippen molar-refractivity contribution in [1.82, 2.24) is 9.97 Å². The number of benzene rings is 2. The summed E-state index contributed by atoms with van der Waals surface area (Å²) in [5.41, 5.74) is 6.86. The molecule has 3 N–H and O–H groups in total. The fourth-order valence-electron chi connectivity index (χ4n) is 2.09. The highest BCUT2D eigenvalue weighted by Gasteiger charge is 2.15. The van der Waals surface area contributed by atoms with Crippen molar-refractivity contribution in [3.05, 3.63) is 40.9 Å². The van der Waals surface area contributed by atoms with E-state index in [0.717, 1.165) is 6.07 Å². The lowest BCUT2D eigenvalue weighted by atomic mass is 10.1. The fraction of sp³-hybridized carbons (Fsp3) is 0.0714. The van der Waals surface area contributed by atoms with Crippen LogP contribution in [0.1, 0.15) is 0 Å². The molecule has 0 fully saturated rings. The van der Waals surface area contributed by atoms with Crippen molar-refractivity contribution in [2.45, 2.75) is 0 Å². The minimum atomic E-state index is -0.743. The summed E-state index contributed by atoms with van der Waals surface area (Å²) in [6.45, 7) is 0. The van der Waals surface area contributed by atoms with Crippen LogP contribution in [0.2, 0.25) is 5.02 Å². The van der Waals surface area contributed by atoms with Gasteiger partial charge in [0.15, 0.2) is 5.82 Å². The van der Waals surface area contributed by atoms with Crippen LogP contribution in [0.3, 0.4) is 0 Å². The Labute approximate surface area is 123 Å². The summed E-state index contributed by atoms with van der Waals surface area (Å²) in [7, 11) is 1.47. The van der Waals surface area contributed by atoms with Gasteiger partial charge in [-0.05, 0) is 12.1 Å². The minimum Gasteiger partial charge on any atom is -0.496 e. The second-order valence-electron chi connectivity index (χ2n) is 4.44. The normalized spacial score (nSPS) is 11.0. The summed E-state index contributed by atoms with van der Waals surface area (Å²) in [4.78, 5) is 6.97. The van der Waals surface area contributed by atoms with E-state index in [9.17, 15) is 8.78 Å². The third-order valence-electron chi connectivity index (χ3n) is 3.08. The molecule has 0 saturated heterocycles. The number of methoxy groups -OCH3 is 1. The highest BCUT2D eigenvalue weighted by Crippen LogP contribution is 2.35. The summed E-state index contributed by atoms with van der Waals surface area (Å²) in [6.07, 6.45) is 0. The van der Waals surface area contributed by atoms with Gasteiger partial charge in [0.25, 0.3) is 0 Å². The smallest absolute Gasteiger partial charge is 0.153 e. The largest absolute Gasteiger partial charge is 0.496 e. The van der Waals surface area contributed by atoms with E-state index in [2.05, 4.69) is 9.97 Å². The third-order valence-corrected chi connectivity index (χ3v) is 3.41. The Morgan fingerprint density at radius 1 is 1.24 bits per heavy atom. The summed E-state index contributed by atoms with van der Waals surface area (Å²) in [6, 6.07) is 5.05. The van der Waals surface area contributed by atoms with Gasteiger partial charge in [-0.1, -0.05) is 11.6 Å². The quantitative estimate of drug-likeness (QED) is 0.709. The molecular formula is C14H10ClF2N3O. The standard InChI is InChI=1S/C14H10ClF2N3O/c1-21-12-5-10(18)8(15)4-7(12)14-19-11-3-6(16)2-9(17)13(11)20-14/h2-5H,18H2,1H3,(H,19,20). The van der Waals surface area contributed by atoms with Crippen LogP contribution in [-0.4, -0.2) is 17.1 Å². The molecule has 3 aromatic rings. The predicted molar refractivity (Wildman–Crippen MR) is 77.4 cm³/mol. The fourth-order valence-corrected chi connectivity index (χ4v) is 2.26. The van der Waals surface area contributed by atoms with Gasteiger partial charge in [-0.2, -0.15) is 0 Å². The predicted octanol–water partition coefficient (Wildman–Crippen LogP) is 3.75. The van der Waals surface area contributed by atoms with Gasteiger partial charge in [0.1, 0.15) is 22.9 Å². The molecule has 0 amide bonds. The van der Waals surface area contributed by atoms with Crippen LogP contribution in [0.15, 0.2) is 24.3 Å². The van der Waals surface area contributed by atoms with Gasteiger partial charge in [0.05, 0.1) is 28.9 Å². The number of ether oxygens (including phenoxy) is 1. The maximum Gasteiger partial charge on any atom is 0.153 e. The number of hydrogen-bond acceptors (Lipinski definition) is 3. The number of nitrogens with zero attached hydrogens (tertiary/aromatic N) is 1. The monoisotopic (exact) mass is 309 g/mol. The molecule has 21 heavy (non-hydrogen) atoms. The molecule has 0 aliphatic heterocycles. The first-order valence-corrected chi connectivity index (χ1v) is 6.35. The van der Waals surface area contributed by atoms with Gasteiger partial charge in [-0.25, -0.2) is 13.8 Å². The molecule has 0 atom stereocenters. The summed E-state index contributed by atoms with van der Waals surface area (Å²) in [5, 5.41) is 0.318. The number of hydrogen-bond donors (Lipinski definition) is 2. The van der Waals surface area contributed by atoms with Crippen LogP contribution in [0.25, 0.3) is 22.4 Å². The lowest BCUT2D eigenvalue weighted by Gasteiger charge is -2.08. The van der Waals surface area contributed by atoms with E-state index >= 15 is 0 Å². The van der Waals surface area contributed by atoms with Crippen molar-refractivity contribution in [2.24, 2.45) is 0 Å². The van der Waals surface area contributed by atoms with Crippen LogP contribution in [0.4, 0.5) is 14.5 Å². The number of fused-ring (bicyclic) bond motifs is 1. The Balaban J connectivity index is 2.25. The molecule has 0 unspecified atom stereocenters. The topological polar surface area (TPSA) is 63.9 Å². The van der Waals surface area contributed by atoms with Crippen LogP contribution >= 0.6 is 11.6 Å². The third kappa shape index (κ3) is 2.27. The van der Waals surface area contributed by atoms with Crippen LogP contribution < -0.4 is 10.5 Å². The van der Waals surface area contributed by atoms with E-state index in [1.165, 1.54) is 13.2 Å². The zero-order valence-electron chi connectivity index (χ0n) is 10.9. The molecule has 3 rings (SSSR count). The molecule has 0 aliphatic rings. The first-order chi connectivity index (χ1) is 9.99. The summed E-state index contributed by atoms with van der Waals surface area (Å²) < 4.78 is 32.1. The molecule has 1 heterocycles. The minimum absolute atomic E-state index is 0.0430. The highest BCUT2D eigenvalue weighted by molar-refractivity contribution is 6.33. The van der Waals surface area contributed by atoms with Gasteiger partial charge < -0.3 is 15.5 Å². The van der Waals surface area contributed by atoms with Gasteiger partial charge in [-0.15, -0.1) is 0 Å². The van der Waals surface area contributed by atoms with Gasteiger partial charge in [0.2, 0.25) is 0 Å². The number of halogens is 3. The van der Waals surface area contributed by atoms with Crippen molar-refractivity contribution in [3.8, 4) is 17.1 Å². The Hall–Kier alpha value is -2.34. The first-order valence-electron chi connectivity index (χ1n) is 5.97. The molecular weight excluding hydrogens is 300 g/mol. The van der Waals surface area contributed by atoms with E-state index < -0.39 is 11.6 Å². The van der Waals surface area contributed by atoms with Crippen molar-refractivity contribution in [2.75, 3.05) is 12.8 Å². The Morgan fingerprint density at radius 3 is 2.71 bits per heavy atom. The van der Waals surface area contributed by atoms with Crippen LogP contribution in [0, 0.1) is 11.6 Å². The molecule has 7 heteroatoms. The van der Waals surface area contributed by atoms with E-state index in [1.807, 2.05) is 0 Å². The molecule has 4 nitrogen and oxygen atoms in total. The molecule has 0 radical (unpaired) electrons. The zero-order valence-corrected chi connectivity index (χ0v) is 11.6. The number of aromatic amines is 1. The SMILES string of the molecule is COc1cc(N)c(Cl)cc1-c1nc2c(F)cc(F)cc2[nH]1. The average Bonchev–Trinajstić information content (AvgIpc) is 2.85. The molecule has 0 spiro atoms. The molecule has 1 aromatic heterocycles. The Morgan fingerprint density at radius 2 is 2.00 bits per heavy atom. The molecule has 0 bridgehead atoms. The van der Waals surface area contributed by atoms with Crippen LogP contribution in [0.5, 0.6) is 5.75 Å². The first kappa shape index (κ1) is 13.6. The van der Waals surface area contributed by atoms with Gasteiger partial charge >= 0.3 is 0 Å². The zero-order chi connectivity index (χ0) is 15.1. The van der Waals surface area contributed by atoms with E-state index in [1.54, 1.807) is 12.1 Å². The average molecular weight is 310 g/mol. The van der Waals surface area contributed by atoms with Gasteiger partial charge in [0, 0.05) is 12.1 Å². The molecule has 2 aromatic carbocycles. The second-order valence-corrected chi connectivity index (χ2v) is 4.85. The summed E-state index contributed by atoms with van der Waals surface area (Å²) >= 11 is 5.99. The van der Waals surface area contributed by atoms with Crippen molar-refractivity contribution in [1.29, 1.82) is 0 Å². The lowest BCUT2D eigenvalue weighted by molar-refractivity contribution is 0.416. The highest BCUT2D eigenvalue weighted by atomic mass is 35.5. The van der Waals surface area contributed by atoms with E-state index in [4.69, 9.17) is 22.1 Å². The Bertz CT molecular complexity index is 848. The molecule has 108 valence electrons. The second kappa shape index (κ2) is 4.89. The number of nitrogens with two attached hydrogens (primary N) is 1. The molecule has 0 aliphatic carbocycles. The van der Waals surface area contributed by atoms with Crippen molar-refractivity contribution in [3.63, 3.8) is 0 Å². The molecule has 0 saturated carbocycles. The van der Waals surface area contributed by atoms with Crippen LogP contribution in [-0.2, 0) is 0 Å². The van der Waals surface area contributed by atoms with E-state index in [0.29, 0.717) is 27.8 Å². The summed E-state index contributed by atoms with van der Waals surface area (Å²) in [5.74, 6) is -0.685. The number of imidazole rings is 1. The number of H-pyrrole nitrogens is 1. The lowest BCUT2D eigenvalue weighted by Crippen LogP contribution is -1.93. The maximum atomic E-state index is 13.7. The van der Waals surface area contributed by atoms with Gasteiger partial charge in [-0.3, -0.25) is 0 Å². The van der Waals surface area contributed by atoms with Crippen molar-refractivity contribution >= 4 is 28.3 Å². The number of rotatable bonds is 2.